The van der Waals surface area contributed by atoms with Crippen molar-refractivity contribution in [2.75, 3.05) is 13.1 Å². The average molecular weight is 534 g/mol. The molecule has 196 valence electrons. The number of rotatable bonds is 4. The fraction of sp³-hybridized carbons (Fsp3) is 0.333. The van der Waals surface area contributed by atoms with Crippen LogP contribution in [0.25, 0.3) is 21.9 Å². The van der Waals surface area contributed by atoms with Crippen LogP contribution in [0.1, 0.15) is 39.3 Å². The van der Waals surface area contributed by atoms with Gasteiger partial charge in [0.25, 0.3) is 10.0 Å². The molecule has 5 rings (SSSR count). The zero-order chi connectivity index (χ0) is 27.1. The summed E-state index contributed by atoms with van der Waals surface area (Å²) in [5.74, 6) is 0.209. The summed E-state index contributed by atoms with van der Waals surface area (Å²) in [6.07, 6.45) is 3.23. The van der Waals surface area contributed by atoms with Crippen molar-refractivity contribution in [3.63, 3.8) is 0 Å². The number of nitriles is 1. The van der Waals surface area contributed by atoms with Crippen molar-refractivity contribution in [3.8, 4) is 11.8 Å². The Bertz CT molecular complexity index is 1660. The van der Waals surface area contributed by atoms with Gasteiger partial charge in [-0.25, -0.2) is 27.2 Å². The molecule has 4 aromatic rings. The molecule has 0 aliphatic carbocycles. The molecule has 38 heavy (non-hydrogen) atoms. The third kappa shape index (κ3) is 4.63. The summed E-state index contributed by atoms with van der Waals surface area (Å²) in [5.41, 5.74) is -0.0573. The van der Waals surface area contributed by atoms with E-state index in [0.717, 1.165) is 3.97 Å². The number of fused-ring (bicyclic) bond motifs is 3. The highest BCUT2D eigenvalue weighted by Gasteiger charge is 2.31. The minimum atomic E-state index is -4.03. The number of piperidine rings is 1. The van der Waals surface area contributed by atoms with Crippen molar-refractivity contribution in [2.24, 2.45) is 0 Å². The third-order valence-electron chi connectivity index (χ3n) is 6.25. The topological polar surface area (TPSA) is 127 Å². The van der Waals surface area contributed by atoms with E-state index in [9.17, 15) is 18.5 Å². The van der Waals surface area contributed by atoms with Crippen LogP contribution in [0.3, 0.4) is 0 Å². The summed E-state index contributed by atoms with van der Waals surface area (Å²) in [6.45, 7) is 6.32. The number of hydrogen-bond acceptors (Lipinski definition) is 8. The molecule has 1 fully saturated rings. The second kappa shape index (κ2) is 9.61. The van der Waals surface area contributed by atoms with Crippen molar-refractivity contribution in [1.29, 1.82) is 5.26 Å². The quantitative estimate of drug-likeness (QED) is 0.376. The van der Waals surface area contributed by atoms with E-state index in [0.29, 0.717) is 36.7 Å². The lowest BCUT2D eigenvalue weighted by atomic mass is 10.1. The summed E-state index contributed by atoms with van der Waals surface area (Å²) < 4.78 is 40.4. The zero-order valence-corrected chi connectivity index (χ0v) is 22.1. The van der Waals surface area contributed by atoms with Gasteiger partial charge < -0.3 is 14.4 Å². The first-order chi connectivity index (χ1) is 18.1. The predicted molar refractivity (Wildman–Crippen MR) is 140 cm³/mol. The van der Waals surface area contributed by atoms with Gasteiger partial charge in [-0.1, -0.05) is 18.2 Å². The fourth-order valence-electron chi connectivity index (χ4n) is 4.55. The number of carbonyl (C=O) groups excluding carboxylic acids is 1. The number of benzene rings is 1. The molecular weight excluding hydrogens is 506 g/mol. The lowest BCUT2D eigenvalue weighted by molar-refractivity contribution is 0.0127. The lowest BCUT2D eigenvalue weighted by Crippen LogP contribution is -2.44. The van der Waals surface area contributed by atoms with Gasteiger partial charge in [0.2, 0.25) is 0 Å². The van der Waals surface area contributed by atoms with E-state index in [2.05, 4.69) is 16.0 Å². The zero-order valence-electron chi connectivity index (χ0n) is 21.3. The third-order valence-corrected chi connectivity index (χ3v) is 7.97. The molecule has 0 radical (unpaired) electrons. The van der Waals surface area contributed by atoms with E-state index < -0.39 is 15.6 Å². The molecule has 10 nitrogen and oxygen atoms in total. The van der Waals surface area contributed by atoms with Crippen LogP contribution in [0.2, 0.25) is 0 Å². The number of amides is 1. The molecule has 0 N–H and O–H groups in total. The van der Waals surface area contributed by atoms with Crippen LogP contribution in [-0.2, 0) is 14.8 Å². The van der Waals surface area contributed by atoms with Gasteiger partial charge in [0.1, 0.15) is 17.8 Å². The van der Waals surface area contributed by atoms with E-state index in [4.69, 9.17) is 9.47 Å². The number of ether oxygens (including phenoxy) is 2. The minimum absolute atomic E-state index is 0.0482. The molecule has 3 aromatic heterocycles. The van der Waals surface area contributed by atoms with Gasteiger partial charge in [-0.05, 0) is 45.0 Å². The van der Waals surface area contributed by atoms with Gasteiger partial charge in [-0.2, -0.15) is 5.26 Å². The standard InChI is InChI=1S/C27H27N5O5S/c1-27(2,3)37-26(33)31-14-11-18(12-15-31)36-24-21(16-28)30-17-22-23(24)20-10-7-13-29-25(20)32(22)38(34,35)19-8-5-4-6-9-19/h4-10,13,17-18H,11-12,14-15H2,1-3H3. The molecule has 0 atom stereocenters. The van der Waals surface area contributed by atoms with Crippen LogP contribution in [0.15, 0.2) is 59.8 Å². The van der Waals surface area contributed by atoms with E-state index >= 15 is 0 Å². The largest absolute Gasteiger partial charge is 0.486 e. The molecule has 0 spiro atoms. The SMILES string of the molecule is CC(C)(C)OC(=O)N1CCC(Oc2c(C#N)ncc3c2c2cccnc2n3S(=O)(=O)c2ccccc2)CC1. The van der Waals surface area contributed by atoms with Crippen LogP contribution >= 0.6 is 0 Å². The van der Waals surface area contributed by atoms with Gasteiger partial charge in [0.05, 0.1) is 22.0 Å². The first kappa shape index (κ1) is 25.5. The molecule has 1 aliphatic heterocycles. The maximum atomic E-state index is 13.7. The Balaban J connectivity index is 1.55. The average Bonchev–Trinajstić information content (AvgIpc) is 3.24. The van der Waals surface area contributed by atoms with Gasteiger partial charge in [0, 0.05) is 37.5 Å². The molecule has 1 aromatic carbocycles. The number of likely N-dealkylation sites (tertiary alicyclic amines) is 1. The maximum absolute atomic E-state index is 13.7. The van der Waals surface area contributed by atoms with Gasteiger partial charge >= 0.3 is 6.09 Å². The van der Waals surface area contributed by atoms with Crippen molar-refractivity contribution in [1.82, 2.24) is 18.8 Å². The molecule has 0 unspecified atom stereocenters. The highest BCUT2D eigenvalue weighted by molar-refractivity contribution is 7.90. The van der Waals surface area contributed by atoms with Crippen molar-refractivity contribution in [2.45, 2.75) is 50.2 Å². The van der Waals surface area contributed by atoms with Gasteiger partial charge in [-0.3, -0.25) is 0 Å². The first-order valence-corrected chi connectivity index (χ1v) is 13.7. The number of hydrogen-bond donors (Lipinski definition) is 0. The summed E-state index contributed by atoms with van der Waals surface area (Å²) >= 11 is 0. The Morgan fingerprint density at radius 1 is 1.08 bits per heavy atom. The molecular formula is C27H27N5O5S. The highest BCUT2D eigenvalue weighted by atomic mass is 32.2. The monoisotopic (exact) mass is 533 g/mol. The Kier molecular flexibility index (Phi) is 6.44. The van der Waals surface area contributed by atoms with Crippen molar-refractivity contribution < 1.29 is 22.7 Å². The number of pyridine rings is 2. The highest BCUT2D eigenvalue weighted by Crippen LogP contribution is 2.39. The molecule has 1 saturated heterocycles. The van der Waals surface area contributed by atoms with E-state index in [1.165, 1.54) is 24.5 Å². The molecule has 4 heterocycles. The normalized spacial score (nSPS) is 14.9. The predicted octanol–water partition coefficient (Wildman–Crippen LogP) is 4.47. The van der Waals surface area contributed by atoms with Crippen LogP contribution in [-0.4, -0.2) is 58.1 Å². The van der Waals surface area contributed by atoms with E-state index in [1.807, 2.05) is 20.8 Å². The number of carbonyl (C=O) groups is 1. The van der Waals surface area contributed by atoms with Crippen molar-refractivity contribution >= 4 is 38.1 Å². The molecule has 1 amide bonds. The summed E-state index contributed by atoms with van der Waals surface area (Å²) in [4.78, 5) is 22.8. The Hall–Kier alpha value is -4.17. The van der Waals surface area contributed by atoms with Gasteiger partial charge in [0.15, 0.2) is 17.1 Å². The van der Waals surface area contributed by atoms with Crippen LogP contribution in [0, 0.1) is 11.3 Å². The second-order valence-corrected chi connectivity index (χ2v) is 11.8. The summed E-state index contributed by atoms with van der Waals surface area (Å²) in [5, 5.41) is 10.8. The van der Waals surface area contributed by atoms with Crippen LogP contribution < -0.4 is 4.74 Å². The Labute approximate surface area is 220 Å². The second-order valence-electron chi connectivity index (χ2n) is 10.0. The lowest BCUT2D eigenvalue weighted by Gasteiger charge is -2.33. The smallest absolute Gasteiger partial charge is 0.410 e. The molecule has 0 saturated carbocycles. The van der Waals surface area contributed by atoms with Crippen LogP contribution in [0.5, 0.6) is 5.75 Å². The summed E-state index contributed by atoms with van der Waals surface area (Å²) in [6, 6.07) is 13.6. The maximum Gasteiger partial charge on any atom is 0.410 e. The Morgan fingerprint density at radius 2 is 1.79 bits per heavy atom. The number of aromatic nitrogens is 3. The van der Waals surface area contributed by atoms with Crippen molar-refractivity contribution in [3.05, 3.63) is 60.6 Å². The van der Waals surface area contributed by atoms with Gasteiger partial charge in [-0.15, -0.1) is 0 Å². The minimum Gasteiger partial charge on any atom is -0.486 e. The first-order valence-electron chi connectivity index (χ1n) is 12.2. The van der Waals surface area contributed by atoms with E-state index in [1.54, 1.807) is 35.2 Å². The molecule has 11 heteroatoms. The van der Waals surface area contributed by atoms with Crippen LogP contribution in [0.4, 0.5) is 4.79 Å². The van der Waals surface area contributed by atoms with E-state index in [-0.39, 0.29) is 39.7 Å². The molecule has 1 aliphatic rings. The fourth-order valence-corrected chi connectivity index (χ4v) is 6.03. The summed E-state index contributed by atoms with van der Waals surface area (Å²) in [7, 11) is -4.03. The number of nitrogens with zero attached hydrogens (tertiary/aromatic N) is 5. The molecule has 0 bridgehead atoms. The Morgan fingerprint density at radius 3 is 2.45 bits per heavy atom.